The van der Waals surface area contributed by atoms with Gasteiger partial charge in [0.05, 0.1) is 0 Å². The van der Waals surface area contributed by atoms with Crippen molar-refractivity contribution in [3.05, 3.63) is 47.8 Å². The first-order valence-corrected chi connectivity index (χ1v) is 7.80. The lowest BCUT2D eigenvalue weighted by atomic mass is 10.0. The number of likely N-dealkylation sites (tertiary alicyclic amines) is 1. The summed E-state index contributed by atoms with van der Waals surface area (Å²) in [5.74, 6) is -0.895. The molecule has 2 aromatic rings. The van der Waals surface area contributed by atoms with E-state index in [-0.39, 0.29) is 0 Å². The number of hydrogen-bond donors (Lipinski definition) is 1. The molecule has 116 valence electrons. The lowest BCUT2D eigenvalue weighted by molar-refractivity contribution is 0.0686. The monoisotopic (exact) mass is 298 g/mol. The molecule has 1 unspecified atom stereocenters. The van der Waals surface area contributed by atoms with Crippen molar-refractivity contribution < 1.29 is 9.90 Å². The molecule has 0 spiro atoms. The average molecular weight is 298 g/mol. The summed E-state index contributed by atoms with van der Waals surface area (Å²) in [6, 6.07) is 10.7. The second-order valence-corrected chi connectivity index (χ2v) is 6.07. The Bertz CT molecular complexity index is 667. The van der Waals surface area contributed by atoms with Crippen molar-refractivity contribution in [1.82, 2.24) is 9.47 Å². The van der Waals surface area contributed by atoms with Crippen molar-refractivity contribution in [1.29, 1.82) is 0 Å². The summed E-state index contributed by atoms with van der Waals surface area (Å²) in [5.41, 5.74) is 3.63. The third kappa shape index (κ3) is 2.79. The van der Waals surface area contributed by atoms with Crippen molar-refractivity contribution in [3.8, 4) is 11.1 Å². The molecule has 0 bridgehead atoms. The highest BCUT2D eigenvalue weighted by molar-refractivity contribution is 5.88. The Morgan fingerprint density at radius 3 is 2.32 bits per heavy atom. The number of nitrogens with zero attached hydrogens (tertiary/aromatic N) is 2. The number of aryl methyl sites for hydroxylation is 1. The number of hydrogen-bond acceptors (Lipinski definition) is 2. The minimum absolute atomic E-state index is 0.310. The van der Waals surface area contributed by atoms with E-state index in [1.807, 2.05) is 6.20 Å². The first-order valence-electron chi connectivity index (χ1n) is 7.80. The van der Waals surface area contributed by atoms with Gasteiger partial charge in [0, 0.05) is 24.8 Å². The molecule has 1 aromatic heterocycles. The molecule has 1 N–H and O–H groups in total. The van der Waals surface area contributed by atoms with Crippen molar-refractivity contribution in [3.63, 3.8) is 0 Å². The van der Waals surface area contributed by atoms with Crippen molar-refractivity contribution in [2.24, 2.45) is 7.05 Å². The van der Waals surface area contributed by atoms with Gasteiger partial charge >= 0.3 is 5.97 Å². The Labute approximate surface area is 131 Å². The lowest BCUT2D eigenvalue weighted by Gasteiger charge is -2.24. The van der Waals surface area contributed by atoms with Crippen LogP contribution in [0.15, 0.2) is 36.5 Å². The summed E-state index contributed by atoms with van der Waals surface area (Å²) in [4.78, 5) is 13.6. The van der Waals surface area contributed by atoms with Crippen LogP contribution >= 0.6 is 0 Å². The number of carboxylic acid groups (broad SMARTS) is 1. The fourth-order valence-electron chi connectivity index (χ4n) is 3.23. The zero-order valence-corrected chi connectivity index (χ0v) is 13.1. The molecule has 0 radical (unpaired) electrons. The maximum atomic E-state index is 11.1. The highest BCUT2D eigenvalue weighted by atomic mass is 16.4. The number of benzene rings is 1. The molecule has 1 aliphatic rings. The van der Waals surface area contributed by atoms with E-state index in [1.165, 1.54) is 31.5 Å². The van der Waals surface area contributed by atoms with E-state index in [1.54, 1.807) is 17.7 Å². The Morgan fingerprint density at radius 2 is 1.77 bits per heavy atom. The van der Waals surface area contributed by atoms with Crippen LogP contribution in [-0.4, -0.2) is 33.6 Å². The predicted molar refractivity (Wildman–Crippen MR) is 87.0 cm³/mol. The van der Waals surface area contributed by atoms with Gasteiger partial charge in [0.1, 0.15) is 5.69 Å². The van der Waals surface area contributed by atoms with Gasteiger partial charge < -0.3 is 9.67 Å². The Hall–Kier alpha value is -2.07. The molecule has 22 heavy (non-hydrogen) atoms. The average Bonchev–Trinajstić information content (AvgIpc) is 3.16. The zero-order valence-electron chi connectivity index (χ0n) is 13.1. The second kappa shape index (κ2) is 5.97. The first kappa shape index (κ1) is 14.9. The molecule has 0 amide bonds. The number of carbonyl (C=O) groups is 1. The number of aromatic nitrogens is 1. The van der Waals surface area contributed by atoms with Gasteiger partial charge in [-0.15, -0.1) is 0 Å². The summed E-state index contributed by atoms with van der Waals surface area (Å²) < 4.78 is 1.65. The van der Waals surface area contributed by atoms with Gasteiger partial charge in [-0.1, -0.05) is 24.3 Å². The predicted octanol–water partition coefficient (Wildman–Crippen LogP) is 3.55. The van der Waals surface area contributed by atoms with E-state index in [0.29, 0.717) is 11.7 Å². The summed E-state index contributed by atoms with van der Waals surface area (Å²) in [5, 5.41) is 9.14. The van der Waals surface area contributed by atoms with Gasteiger partial charge in [-0.3, -0.25) is 4.90 Å². The summed E-state index contributed by atoms with van der Waals surface area (Å²) >= 11 is 0. The third-order valence-corrected chi connectivity index (χ3v) is 4.64. The van der Waals surface area contributed by atoms with Crippen LogP contribution in [0.2, 0.25) is 0 Å². The molecule has 0 aliphatic carbocycles. The summed E-state index contributed by atoms with van der Waals surface area (Å²) in [6.45, 7) is 4.62. The van der Waals surface area contributed by atoms with Crippen molar-refractivity contribution >= 4 is 5.97 Å². The minimum atomic E-state index is -0.895. The van der Waals surface area contributed by atoms with Crippen LogP contribution in [0.3, 0.4) is 0 Å². The highest BCUT2D eigenvalue weighted by Crippen LogP contribution is 2.27. The molecule has 1 aliphatic heterocycles. The van der Waals surface area contributed by atoms with E-state index in [2.05, 4.69) is 36.1 Å². The molecule has 1 atom stereocenters. The van der Waals surface area contributed by atoms with Gasteiger partial charge in [-0.25, -0.2) is 4.79 Å². The van der Waals surface area contributed by atoms with E-state index >= 15 is 0 Å². The quantitative estimate of drug-likeness (QED) is 0.939. The Kier molecular flexibility index (Phi) is 4.03. The maximum absolute atomic E-state index is 11.1. The van der Waals surface area contributed by atoms with Crippen LogP contribution in [0, 0.1) is 0 Å². The van der Waals surface area contributed by atoms with E-state index < -0.39 is 5.97 Å². The topological polar surface area (TPSA) is 45.5 Å². The molecule has 4 heteroatoms. The third-order valence-electron chi connectivity index (χ3n) is 4.64. The van der Waals surface area contributed by atoms with E-state index in [4.69, 9.17) is 5.11 Å². The molecule has 1 saturated heterocycles. The van der Waals surface area contributed by atoms with Crippen LogP contribution in [-0.2, 0) is 7.05 Å². The van der Waals surface area contributed by atoms with Crippen LogP contribution in [0.25, 0.3) is 11.1 Å². The highest BCUT2D eigenvalue weighted by Gasteiger charge is 2.19. The van der Waals surface area contributed by atoms with Crippen molar-refractivity contribution in [2.45, 2.75) is 25.8 Å². The molecule has 4 nitrogen and oxygen atoms in total. The molecule has 3 rings (SSSR count). The van der Waals surface area contributed by atoms with Gasteiger partial charge in [0.15, 0.2) is 0 Å². The van der Waals surface area contributed by atoms with Crippen LogP contribution < -0.4 is 0 Å². The fourth-order valence-corrected chi connectivity index (χ4v) is 3.23. The standard InChI is InChI=1S/C18H22N2O2/c1-13(20-9-3-4-10-20)14-5-7-15(8-6-14)16-11-17(18(21)22)19(2)12-16/h5-8,11-13H,3-4,9-10H2,1-2H3,(H,21,22). The van der Waals surface area contributed by atoms with Crippen molar-refractivity contribution in [2.75, 3.05) is 13.1 Å². The molecular weight excluding hydrogens is 276 g/mol. The maximum Gasteiger partial charge on any atom is 0.352 e. The van der Waals surface area contributed by atoms with Crippen LogP contribution in [0.4, 0.5) is 0 Å². The molecule has 1 fully saturated rings. The first-order chi connectivity index (χ1) is 10.6. The fraction of sp³-hybridized carbons (Fsp3) is 0.389. The Morgan fingerprint density at radius 1 is 1.14 bits per heavy atom. The van der Waals surface area contributed by atoms with Gasteiger partial charge in [0.2, 0.25) is 0 Å². The van der Waals surface area contributed by atoms with Gasteiger partial charge in [-0.2, -0.15) is 0 Å². The summed E-state index contributed by atoms with van der Waals surface area (Å²) in [6.07, 6.45) is 4.46. The van der Waals surface area contributed by atoms with Gasteiger partial charge in [0.25, 0.3) is 0 Å². The molecule has 1 aromatic carbocycles. The number of carboxylic acids is 1. The molecule has 0 saturated carbocycles. The normalized spacial score (nSPS) is 16.8. The van der Waals surface area contributed by atoms with Gasteiger partial charge in [-0.05, 0) is 50.0 Å². The van der Waals surface area contributed by atoms with Crippen LogP contribution in [0.5, 0.6) is 0 Å². The smallest absolute Gasteiger partial charge is 0.352 e. The van der Waals surface area contributed by atoms with E-state index in [0.717, 1.165) is 11.1 Å². The largest absolute Gasteiger partial charge is 0.477 e. The van der Waals surface area contributed by atoms with Crippen LogP contribution in [0.1, 0.15) is 41.9 Å². The Balaban J connectivity index is 1.81. The zero-order chi connectivity index (χ0) is 15.7. The number of rotatable bonds is 4. The lowest BCUT2D eigenvalue weighted by Crippen LogP contribution is -2.23. The number of aromatic carboxylic acids is 1. The molecule has 2 heterocycles. The van der Waals surface area contributed by atoms with E-state index in [9.17, 15) is 4.79 Å². The molecular formula is C18H22N2O2. The SMILES string of the molecule is CC(c1ccc(-c2cc(C(=O)O)n(C)c2)cc1)N1CCCC1. The summed E-state index contributed by atoms with van der Waals surface area (Å²) in [7, 11) is 1.76. The second-order valence-electron chi connectivity index (χ2n) is 6.07. The minimum Gasteiger partial charge on any atom is -0.477 e.